The molecule has 0 amide bonds. The van der Waals surface area contributed by atoms with Gasteiger partial charge in [0.2, 0.25) is 0 Å². The van der Waals surface area contributed by atoms with E-state index >= 15 is 0 Å². The third-order valence-corrected chi connectivity index (χ3v) is 2.61. The standard InChI is InChI=1S/C7H17NO6S/c1-2-5(3-9)8-7(11)6(10)4-15(12,13)14/h5-11H,2-4H2,1H3,(H,12,13,14)/p-1. The number of aliphatic hydroxyl groups excluding tert-OH is 3. The fourth-order valence-electron chi connectivity index (χ4n) is 0.953. The Morgan fingerprint density at radius 1 is 1.40 bits per heavy atom. The van der Waals surface area contributed by atoms with Gasteiger partial charge in [-0.05, 0) is 6.42 Å². The molecule has 7 nitrogen and oxygen atoms in total. The summed E-state index contributed by atoms with van der Waals surface area (Å²) in [7, 11) is -4.58. The van der Waals surface area contributed by atoms with Gasteiger partial charge in [-0.2, -0.15) is 0 Å². The maximum Gasteiger partial charge on any atom is 0.132 e. The molecule has 8 heteroatoms. The van der Waals surface area contributed by atoms with E-state index in [0.29, 0.717) is 6.42 Å². The van der Waals surface area contributed by atoms with Crippen molar-refractivity contribution in [2.75, 3.05) is 12.4 Å². The second kappa shape index (κ2) is 6.36. The Bertz CT molecular complexity index is 263. The van der Waals surface area contributed by atoms with Gasteiger partial charge in [0.05, 0.1) is 22.5 Å². The highest BCUT2D eigenvalue weighted by Gasteiger charge is 2.20. The molecule has 0 aliphatic heterocycles. The third-order valence-electron chi connectivity index (χ3n) is 1.86. The number of aliphatic hydroxyl groups is 3. The summed E-state index contributed by atoms with van der Waals surface area (Å²) < 4.78 is 30.8. The first-order valence-corrected chi connectivity index (χ1v) is 6.04. The summed E-state index contributed by atoms with van der Waals surface area (Å²) in [6.07, 6.45) is -2.76. The van der Waals surface area contributed by atoms with Crippen LogP contribution in [0.4, 0.5) is 0 Å². The van der Waals surface area contributed by atoms with E-state index < -0.39 is 34.2 Å². The van der Waals surface area contributed by atoms with Crippen LogP contribution in [0.5, 0.6) is 0 Å². The van der Waals surface area contributed by atoms with Crippen molar-refractivity contribution in [1.29, 1.82) is 0 Å². The van der Waals surface area contributed by atoms with Crippen molar-refractivity contribution >= 4 is 10.1 Å². The van der Waals surface area contributed by atoms with Gasteiger partial charge in [0.1, 0.15) is 12.3 Å². The molecule has 0 aliphatic carbocycles. The topological polar surface area (TPSA) is 130 Å². The minimum absolute atomic E-state index is 0.260. The zero-order valence-corrected chi connectivity index (χ0v) is 9.14. The molecule has 0 radical (unpaired) electrons. The summed E-state index contributed by atoms with van der Waals surface area (Å²) in [5, 5.41) is 29.5. The molecule has 3 atom stereocenters. The molecule has 0 bridgehead atoms. The molecule has 0 aromatic heterocycles. The third kappa shape index (κ3) is 6.77. The van der Waals surface area contributed by atoms with Crippen molar-refractivity contribution in [2.45, 2.75) is 31.7 Å². The van der Waals surface area contributed by atoms with Gasteiger partial charge in [0, 0.05) is 6.04 Å². The minimum atomic E-state index is -4.58. The first kappa shape index (κ1) is 14.8. The Hall–Kier alpha value is -0.250. The van der Waals surface area contributed by atoms with E-state index in [9.17, 15) is 18.1 Å². The van der Waals surface area contributed by atoms with E-state index in [1.54, 1.807) is 6.92 Å². The molecule has 0 saturated carbocycles. The lowest BCUT2D eigenvalue weighted by molar-refractivity contribution is -0.00257. The van der Waals surface area contributed by atoms with Gasteiger partial charge in [-0.3, -0.25) is 5.32 Å². The lowest BCUT2D eigenvalue weighted by atomic mass is 10.2. The molecule has 0 rings (SSSR count). The highest BCUT2D eigenvalue weighted by atomic mass is 32.2. The first-order valence-electron chi connectivity index (χ1n) is 4.46. The molecule has 4 N–H and O–H groups in total. The van der Waals surface area contributed by atoms with E-state index in [1.807, 2.05) is 0 Å². The van der Waals surface area contributed by atoms with Crippen LogP contribution < -0.4 is 5.32 Å². The van der Waals surface area contributed by atoms with Gasteiger partial charge in [0.25, 0.3) is 0 Å². The van der Waals surface area contributed by atoms with Crippen LogP contribution in [0.15, 0.2) is 0 Å². The SMILES string of the molecule is CCC(CO)NC(O)C(O)CS(=O)(=O)[O-]. The Kier molecular flexibility index (Phi) is 6.25. The number of hydrogen-bond donors (Lipinski definition) is 4. The molecule has 15 heavy (non-hydrogen) atoms. The van der Waals surface area contributed by atoms with Crippen LogP contribution in [0.1, 0.15) is 13.3 Å². The van der Waals surface area contributed by atoms with Crippen molar-refractivity contribution in [2.24, 2.45) is 0 Å². The maximum atomic E-state index is 10.3. The Morgan fingerprint density at radius 3 is 2.27 bits per heavy atom. The quantitative estimate of drug-likeness (QED) is 0.288. The normalized spacial score (nSPS) is 18.5. The summed E-state index contributed by atoms with van der Waals surface area (Å²) in [5.41, 5.74) is 0. The molecule has 92 valence electrons. The summed E-state index contributed by atoms with van der Waals surface area (Å²) in [5.74, 6) is -1.07. The van der Waals surface area contributed by atoms with Gasteiger partial charge >= 0.3 is 0 Å². The molecule has 0 aliphatic rings. The van der Waals surface area contributed by atoms with E-state index in [4.69, 9.17) is 10.2 Å². The minimum Gasteiger partial charge on any atom is -0.748 e. The van der Waals surface area contributed by atoms with E-state index in [1.165, 1.54) is 0 Å². The molecule has 0 heterocycles. The van der Waals surface area contributed by atoms with Crippen molar-refractivity contribution in [3.63, 3.8) is 0 Å². The second-order valence-electron chi connectivity index (χ2n) is 3.19. The fraction of sp³-hybridized carbons (Fsp3) is 1.00. The predicted molar refractivity (Wildman–Crippen MR) is 50.9 cm³/mol. The van der Waals surface area contributed by atoms with Gasteiger partial charge < -0.3 is 19.9 Å². The fourth-order valence-corrected chi connectivity index (χ4v) is 1.55. The average Bonchev–Trinajstić information content (AvgIpc) is 2.10. The van der Waals surface area contributed by atoms with Crippen LogP contribution in [0.2, 0.25) is 0 Å². The molecule has 0 aromatic rings. The Morgan fingerprint density at radius 2 is 1.93 bits per heavy atom. The molecular weight excluding hydrogens is 226 g/mol. The van der Waals surface area contributed by atoms with Crippen molar-refractivity contribution in [3.05, 3.63) is 0 Å². The zero-order chi connectivity index (χ0) is 12.1. The zero-order valence-electron chi connectivity index (χ0n) is 8.33. The van der Waals surface area contributed by atoms with E-state index in [0.717, 1.165) is 0 Å². The molecule has 3 unspecified atom stereocenters. The first-order chi connectivity index (χ1) is 6.80. The van der Waals surface area contributed by atoms with Crippen molar-refractivity contribution in [1.82, 2.24) is 5.32 Å². The van der Waals surface area contributed by atoms with Gasteiger partial charge in [-0.25, -0.2) is 8.42 Å². The second-order valence-corrected chi connectivity index (χ2v) is 4.64. The monoisotopic (exact) mass is 242 g/mol. The highest BCUT2D eigenvalue weighted by molar-refractivity contribution is 7.85. The average molecular weight is 242 g/mol. The summed E-state index contributed by atoms with van der Waals surface area (Å²) >= 11 is 0. The Labute approximate surface area is 88.5 Å². The van der Waals surface area contributed by atoms with E-state index in [2.05, 4.69) is 5.32 Å². The predicted octanol–water partition coefficient (Wildman–Crippen LogP) is -2.43. The number of rotatable bonds is 7. The van der Waals surface area contributed by atoms with E-state index in [-0.39, 0.29) is 6.61 Å². The smallest absolute Gasteiger partial charge is 0.132 e. The van der Waals surface area contributed by atoms with Crippen LogP contribution in [0.3, 0.4) is 0 Å². The Balaban J connectivity index is 4.14. The largest absolute Gasteiger partial charge is 0.748 e. The summed E-state index contributed by atoms with van der Waals surface area (Å²) in [4.78, 5) is 0. The molecule has 0 fully saturated rings. The van der Waals surface area contributed by atoms with Crippen LogP contribution >= 0.6 is 0 Å². The van der Waals surface area contributed by atoms with Crippen LogP contribution in [-0.2, 0) is 10.1 Å². The van der Waals surface area contributed by atoms with Crippen LogP contribution in [0, 0.1) is 0 Å². The molecule has 0 spiro atoms. The molecular formula is C7H16NO6S-. The lowest BCUT2D eigenvalue weighted by Gasteiger charge is -2.24. The highest BCUT2D eigenvalue weighted by Crippen LogP contribution is 1.98. The molecule has 0 aromatic carbocycles. The maximum absolute atomic E-state index is 10.3. The van der Waals surface area contributed by atoms with Crippen molar-refractivity contribution < 1.29 is 28.3 Å². The van der Waals surface area contributed by atoms with Gasteiger partial charge in [-0.15, -0.1) is 0 Å². The molecule has 0 saturated heterocycles. The van der Waals surface area contributed by atoms with Crippen molar-refractivity contribution in [3.8, 4) is 0 Å². The summed E-state index contributed by atoms with van der Waals surface area (Å²) in [6.45, 7) is 1.47. The van der Waals surface area contributed by atoms with Gasteiger partial charge in [-0.1, -0.05) is 6.92 Å². The summed E-state index contributed by atoms with van der Waals surface area (Å²) in [6, 6.07) is -0.455. The van der Waals surface area contributed by atoms with Crippen LogP contribution in [0.25, 0.3) is 0 Å². The van der Waals surface area contributed by atoms with Crippen LogP contribution in [-0.4, -0.2) is 59.0 Å². The number of nitrogens with one attached hydrogen (secondary N) is 1. The van der Waals surface area contributed by atoms with Gasteiger partial charge in [0.15, 0.2) is 0 Å². The lowest BCUT2D eigenvalue weighted by Crippen LogP contribution is -2.48. The number of hydrogen-bond acceptors (Lipinski definition) is 7.